The minimum atomic E-state index is -4.56. The Morgan fingerprint density at radius 2 is 1.70 bits per heavy atom. The van der Waals surface area contributed by atoms with Crippen molar-refractivity contribution in [3.05, 3.63) is 28.8 Å². The lowest BCUT2D eigenvalue weighted by atomic mass is 10.0. The van der Waals surface area contributed by atoms with Crippen LogP contribution in [-0.4, -0.2) is 35.6 Å². The molecule has 0 aliphatic carbocycles. The highest BCUT2D eigenvalue weighted by atomic mass is 19.4. The van der Waals surface area contributed by atoms with Gasteiger partial charge in [0.2, 0.25) is 11.8 Å². The lowest BCUT2D eigenvalue weighted by molar-refractivity contribution is -0.140. The van der Waals surface area contributed by atoms with Gasteiger partial charge >= 0.3 is 12.1 Å². The van der Waals surface area contributed by atoms with Crippen molar-refractivity contribution < 1.29 is 32.7 Å². The summed E-state index contributed by atoms with van der Waals surface area (Å²) in [5, 5.41) is 12.9. The third-order valence-corrected chi connectivity index (χ3v) is 2.88. The van der Waals surface area contributed by atoms with E-state index in [9.17, 15) is 27.6 Å². The Bertz CT molecular complexity index is 642. The number of carboxylic acid groups (broad SMARTS) is 1. The van der Waals surface area contributed by atoms with E-state index >= 15 is 0 Å². The van der Waals surface area contributed by atoms with Gasteiger partial charge in [-0.1, -0.05) is 6.07 Å². The van der Waals surface area contributed by atoms with Gasteiger partial charge in [0.05, 0.1) is 5.56 Å². The summed E-state index contributed by atoms with van der Waals surface area (Å²) in [6.45, 7) is 1.69. The van der Waals surface area contributed by atoms with Crippen LogP contribution in [0.5, 0.6) is 0 Å². The van der Waals surface area contributed by atoms with E-state index in [1.165, 1.54) is 6.07 Å². The van der Waals surface area contributed by atoms with Crippen molar-refractivity contribution in [3.8, 4) is 0 Å². The fourth-order valence-corrected chi connectivity index (χ4v) is 1.82. The number of aryl methyl sites for hydroxylation is 2. The first kappa shape index (κ1) is 18.5. The molecule has 1 rings (SSSR count). The molecule has 0 saturated carbocycles. The van der Waals surface area contributed by atoms with Gasteiger partial charge in [-0.15, -0.1) is 0 Å². The van der Waals surface area contributed by atoms with Crippen molar-refractivity contribution in [1.29, 1.82) is 0 Å². The van der Waals surface area contributed by atoms with E-state index in [-0.39, 0.29) is 11.3 Å². The summed E-state index contributed by atoms with van der Waals surface area (Å²) < 4.78 is 35.8. The maximum absolute atomic E-state index is 11.9. The number of benzene rings is 1. The zero-order chi connectivity index (χ0) is 17.8. The van der Waals surface area contributed by atoms with Gasteiger partial charge in [-0.2, -0.15) is 13.2 Å². The molecule has 0 saturated heterocycles. The van der Waals surface area contributed by atoms with E-state index in [4.69, 9.17) is 5.11 Å². The molecule has 0 bridgehead atoms. The van der Waals surface area contributed by atoms with Gasteiger partial charge in [0, 0.05) is 5.69 Å². The van der Waals surface area contributed by atoms with E-state index in [0.29, 0.717) is 11.1 Å². The maximum atomic E-state index is 11.9. The van der Waals surface area contributed by atoms with Gasteiger partial charge in [-0.05, 0) is 31.0 Å². The normalized spacial score (nSPS) is 11.0. The van der Waals surface area contributed by atoms with Gasteiger partial charge in [0.25, 0.3) is 0 Å². The Hall–Kier alpha value is -2.58. The van der Waals surface area contributed by atoms with Crippen molar-refractivity contribution in [2.75, 3.05) is 11.9 Å². The highest BCUT2D eigenvalue weighted by Crippen LogP contribution is 2.21. The van der Waals surface area contributed by atoms with Crippen molar-refractivity contribution in [2.45, 2.75) is 26.4 Å². The van der Waals surface area contributed by atoms with Crippen LogP contribution in [0.4, 0.5) is 18.9 Å². The van der Waals surface area contributed by atoms with Gasteiger partial charge in [-0.25, -0.2) is 4.79 Å². The van der Waals surface area contributed by atoms with Crippen molar-refractivity contribution in [2.24, 2.45) is 0 Å². The molecule has 1 aromatic carbocycles. The minimum Gasteiger partial charge on any atom is -0.478 e. The second kappa shape index (κ2) is 7.12. The first-order valence-electron chi connectivity index (χ1n) is 6.47. The number of alkyl halides is 3. The van der Waals surface area contributed by atoms with Crippen LogP contribution in [0.3, 0.4) is 0 Å². The molecule has 0 aliphatic rings. The Kier molecular flexibility index (Phi) is 5.72. The number of halogens is 3. The largest absolute Gasteiger partial charge is 0.478 e. The molecule has 23 heavy (non-hydrogen) atoms. The second-order valence-corrected chi connectivity index (χ2v) is 4.90. The second-order valence-electron chi connectivity index (χ2n) is 4.90. The molecular weight excluding hydrogens is 317 g/mol. The summed E-state index contributed by atoms with van der Waals surface area (Å²) in [5.41, 5.74) is 1.22. The van der Waals surface area contributed by atoms with E-state index < -0.39 is 36.9 Å². The van der Waals surface area contributed by atoms with Crippen LogP contribution in [0.1, 0.15) is 27.9 Å². The number of carboxylic acids is 1. The van der Waals surface area contributed by atoms with Crippen LogP contribution >= 0.6 is 0 Å². The smallest absolute Gasteiger partial charge is 0.405 e. The number of carbonyl (C=O) groups is 3. The van der Waals surface area contributed by atoms with Crippen LogP contribution in [0.25, 0.3) is 0 Å². The third kappa shape index (κ3) is 5.97. The molecule has 0 heterocycles. The van der Waals surface area contributed by atoms with Crippen LogP contribution < -0.4 is 10.6 Å². The number of anilines is 1. The molecular formula is C14H15F3N2O4. The molecule has 9 heteroatoms. The first-order valence-corrected chi connectivity index (χ1v) is 6.47. The van der Waals surface area contributed by atoms with E-state index in [0.717, 1.165) is 0 Å². The number of aromatic carboxylic acids is 1. The minimum absolute atomic E-state index is 0.0209. The summed E-state index contributed by atoms with van der Waals surface area (Å²) in [5.74, 6) is -3.10. The number of nitrogens with one attached hydrogen (secondary N) is 2. The number of carbonyl (C=O) groups excluding carboxylic acids is 2. The molecule has 0 fully saturated rings. The monoisotopic (exact) mass is 332 g/mol. The summed E-state index contributed by atoms with van der Waals surface area (Å²) in [6.07, 6.45) is -5.36. The Labute approximate surface area is 129 Å². The van der Waals surface area contributed by atoms with Crippen molar-refractivity contribution in [1.82, 2.24) is 5.32 Å². The van der Waals surface area contributed by atoms with Crippen LogP contribution in [0.2, 0.25) is 0 Å². The summed E-state index contributed by atoms with van der Waals surface area (Å²) >= 11 is 0. The van der Waals surface area contributed by atoms with E-state index in [1.54, 1.807) is 25.2 Å². The Morgan fingerprint density at radius 1 is 1.09 bits per heavy atom. The lowest BCUT2D eigenvalue weighted by Crippen LogP contribution is -2.35. The van der Waals surface area contributed by atoms with Crippen LogP contribution in [0, 0.1) is 13.8 Å². The maximum Gasteiger partial charge on any atom is 0.405 e. The summed E-state index contributed by atoms with van der Waals surface area (Å²) in [6, 6.07) is 2.78. The Morgan fingerprint density at radius 3 is 2.22 bits per heavy atom. The SMILES string of the molecule is Cc1cc(C)c(C(=O)O)cc1NC(=O)CC(=O)NCC(F)(F)F. The summed E-state index contributed by atoms with van der Waals surface area (Å²) in [4.78, 5) is 33.9. The fourth-order valence-electron chi connectivity index (χ4n) is 1.82. The first-order chi connectivity index (χ1) is 10.5. The topological polar surface area (TPSA) is 95.5 Å². The molecule has 3 N–H and O–H groups in total. The van der Waals surface area contributed by atoms with E-state index in [1.807, 2.05) is 0 Å². The number of hydrogen-bond acceptors (Lipinski definition) is 3. The lowest BCUT2D eigenvalue weighted by Gasteiger charge is -2.12. The zero-order valence-electron chi connectivity index (χ0n) is 12.4. The zero-order valence-corrected chi connectivity index (χ0v) is 12.4. The fraction of sp³-hybridized carbons (Fsp3) is 0.357. The molecule has 126 valence electrons. The van der Waals surface area contributed by atoms with Crippen LogP contribution in [-0.2, 0) is 9.59 Å². The van der Waals surface area contributed by atoms with Gasteiger partial charge in [0.1, 0.15) is 13.0 Å². The molecule has 0 radical (unpaired) electrons. The molecule has 0 spiro atoms. The number of hydrogen-bond donors (Lipinski definition) is 3. The van der Waals surface area contributed by atoms with Gasteiger partial charge in [0.15, 0.2) is 0 Å². The predicted molar refractivity (Wildman–Crippen MR) is 75.2 cm³/mol. The molecule has 0 unspecified atom stereocenters. The number of amides is 2. The molecule has 1 aromatic rings. The number of rotatable bonds is 5. The van der Waals surface area contributed by atoms with E-state index in [2.05, 4.69) is 5.32 Å². The third-order valence-electron chi connectivity index (χ3n) is 2.88. The molecule has 0 atom stereocenters. The Balaban J connectivity index is 2.73. The van der Waals surface area contributed by atoms with Gasteiger partial charge < -0.3 is 15.7 Å². The van der Waals surface area contributed by atoms with Gasteiger partial charge in [-0.3, -0.25) is 9.59 Å². The highest BCUT2D eigenvalue weighted by Gasteiger charge is 2.28. The molecule has 0 aliphatic heterocycles. The molecule has 6 nitrogen and oxygen atoms in total. The quantitative estimate of drug-likeness (QED) is 0.719. The molecule has 0 aromatic heterocycles. The highest BCUT2D eigenvalue weighted by molar-refractivity contribution is 6.04. The van der Waals surface area contributed by atoms with Crippen molar-refractivity contribution >= 4 is 23.5 Å². The molecule has 2 amide bonds. The van der Waals surface area contributed by atoms with Crippen molar-refractivity contribution in [3.63, 3.8) is 0 Å². The predicted octanol–water partition coefficient (Wildman–Crippen LogP) is 2.01. The summed E-state index contributed by atoms with van der Waals surface area (Å²) in [7, 11) is 0. The average molecular weight is 332 g/mol. The standard InChI is InChI=1S/C14H15F3N2O4/c1-7-3-8(2)10(4-9(7)13(22)23)19-12(21)5-11(20)18-6-14(15,16)17/h3-4H,5-6H2,1-2H3,(H,18,20)(H,19,21)(H,22,23). The van der Waals surface area contributed by atoms with Crippen LogP contribution in [0.15, 0.2) is 12.1 Å². The average Bonchev–Trinajstić information content (AvgIpc) is 2.38.